The zero-order valence-electron chi connectivity index (χ0n) is 18.8. The van der Waals surface area contributed by atoms with Gasteiger partial charge in [-0.3, -0.25) is 9.48 Å². The molecule has 0 aliphatic carbocycles. The summed E-state index contributed by atoms with van der Waals surface area (Å²) >= 11 is 0. The van der Waals surface area contributed by atoms with Crippen molar-refractivity contribution < 1.29 is 9.53 Å². The van der Waals surface area contributed by atoms with Gasteiger partial charge in [-0.05, 0) is 54.3 Å². The second kappa shape index (κ2) is 9.99. The molecule has 0 aliphatic rings. The van der Waals surface area contributed by atoms with Crippen LogP contribution in [0, 0.1) is 13.8 Å². The molecule has 0 bridgehead atoms. The van der Waals surface area contributed by atoms with Gasteiger partial charge in [0.15, 0.2) is 0 Å². The maximum absolute atomic E-state index is 12.6. The molecule has 4 aromatic rings. The van der Waals surface area contributed by atoms with Crippen LogP contribution in [0.2, 0.25) is 0 Å². The average molecular weight is 442 g/mol. The monoisotopic (exact) mass is 441 g/mol. The number of para-hydroxylation sites is 1. The Morgan fingerprint density at radius 2 is 1.79 bits per heavy atom. The van der Waals surface area contributed by atoms with Crippen molar-refractivity contribution in [3.05, 3.63) is 107 Å². The van der Waals surface area contributed by atoms with Gasteiger partial charge >= 0.3 is 0 Å². The fourth-order valence-corrected chi connectivity index (χ4v) is 3.60. The van der Waals surface area contributed by atoms with Gasteiger partial charge in [0.2, 0.25) is 0 Å². The molecule has 2 aromatic carbocycles. The smallest absolute Gasteiger partial charge is 0.254 e. The van der Waals surface area contributed by atoms with Crippen molar-refractivity contribution in [3.8, 4) is 5.75 Å². The summed E-state index contributed by atoms with van der Waals surface area (Å²) in [6, 6.07) is 19.7. The highest BCUT2D eigenvalue weighted by molar-refractivity contribution is 5.93. The Morgan fingerprint density at radius 3 is 2.52 bits per heavy atom. The standard InChI is InChI=1S/C26H27N5O2/c1-18-12-25(27)30-19(2)24(18)14-28-26(32)22-13-29-31(16-22)15-20-8-10-21(11-9-20)17-33-23-6-4-3-5-7-23/h3-13,16H,14-15,17H2,1-2H3,(H2,27,30)(H,28,32). The van der Waals surface area contributed by atoms with Gasteiger partial charge in [-0.2, -0.15) is 5.10 Å². The Kier molecular flexibility index (Phi) is 6.69. The van der Waals surface area contributed by atoms with Crippen LogP contribution in [0.1, 0.15) is 38.3 Å². The molecule has 0 radical (unpaired) electrons. The molecule has 168 valence electrons. The van der Waals surface area contributed by atoms with Crippen LogP contribution >= 0.6 is 0 Å². The average Bonchev–Trinajstić information content (AvgIpc) is 3.27. The molecule has 0 aliphatic heterocycles. The topological polar surface area (TPSA) is 95.1 Å². The molecule has 1 amide bonds. The summed E-state index contributed by atoms with van der Waals surface area (Å²) in [4.78, 5) is 16.9. The number of anilines is 1. The molecule has 0 fully saturated rings. The number of nitrogens with one attached hydrogen (secondary N) is 1. The van der Waals surface area contributed by atoms with Crippen molar-refractivity contribution in [2.24, 2.45) is 0 Å². The van der Waals surface area contributed by atoms with Crippen LogP contribution in [-0.4, -0.2) is 20.7 Å². The number of aromatic nitrogens is 3. The fourth-order valence-electron chi connectivity index (χ4n) is 3.60. The van der Waals surface area contributed by atoms with E-state index in [2.05, 4.69) is 15.4 Å². The van der Waals surface area contributed by atoms with Crippen molar-refractivity contribution in [3.63, 3.8) is 0 Å². The van der Waals surface area contributed by atoms with E-state index in [-0.39, 0.29) is 5.91 Å². The fraction of sp³-hybridized carbons (Fsp3) is 0.192. The molecule has 0 saturated carbocycles. The van der Waals surface area contributed by atoms with E-state index in [1.54, 1.807) is 17.1 Å². The number of ether oxygens (including phenoxy) is 1. The Bertz CT molecular complexity index is 1210. The number of benzene rings is 2. The minimum atomic E-state index is -0.176. The maximum atomic E-state index is 12.6. The zero-order valence-corrected chi connectivity index (χ0v) is 18.8. The number of nitrogen functional groups attached to an aromatic ring is 1. The first-order valence-electron chi connectivity index (χ1n) is 10.8. The van der Waals surface area contributed by atoms with Crippen LogP contribution in [0.15, 0.2) is 73.1 Å². The quantitative estimate of drug-likeness (QED) is 0.430. The molecular formula is C26H27N5O2. The molecule has 4 rings (SSSR count). The number of carbonyl (C=O) groups is 1. The SMILES string of the molecule is Cc1cc(N)nc(C)c1CNC(=O)c1cnn(Cc2ccc(COc3ccccc3)cc2)c1. The van der Waals surface area contributed by atoms with E-state index in [1.165, 1.54) is 0 Å². The second-order valence-electron chi connectivity index (χ2n) is 7.96. The number of pyridine rings is 1. The predicted octanol–water partition coefficient (Wildman–Crippen LogP) is 4.03. The van der Waals surface area contributed by atoms with Crippen molar-refractivity contribution >= 4 is 11.7 Å². The number of carbonyl (C=O) groups excluding carboxylic acids is 1. The van der Waals surface area contributed by atoms with Gasteiger partial charge in [-0.1, -0.05) is 42.5 Å². The van der Waals surface area contributed by atoms with E-state index >= 15 is 0 Å². The number of amides is 1. The minimum Gasteiger partial charge on any atom is -0.489 e. The number of hydrogen-bond acceptors (Lipinski definition) is 5. The molecule has 2 heterocycles. The van der Waals surface area contributed by atoms with Gasteiger partial charge in [0.05, 0.1) is 18.3 Å². The lowest BCUT2D eigenvalue weighted by Crippen LogP contribution is -2.23. The van der Waals surface area contributed by atoms with Gasteiger partial charge in [0.25, 0.3) is 5.91 Å². The van der Waals surface area contributed by atoms with Crippen molar-refractivity contribution in [1.29, 1.82) is 0 Å². The number of nitrogens with zero attached hydrogens (tertiary/aromatic N) is 3. The highest BCUT2D eigenvalue weighted by atomic mass is 16.5. The number of rotatable bonds is 8. The molecule has 7 nitrogen and oxygen atoms in total. The highest BCUT2D eigenvalue weighted by Crippen LogP contribution is 2.15. The molecule has 0 saturated heterocycles. The Hall–Kier alpha value is -4.13. The van der Waals surface area contributed by atoms with E-state index < -0.39 is 0 Å². The van der Waals surface area contributed by atoms with E-state index in [0.29, 0.717) is 31.1 Å². The number of nitrogens with two attached hydrogens (primary N) is 1. The summed E-state index contributed by atoms with van der Waals surface area (Å²) in [5.41, 5.74) is 11.3. The summed E-state index contributed by atoms with van der Waals surface area (Å²) in [5.74, 6) is 1.16. The normalized spacial score (nSPS) is 10.7. The molecule has 0 unspecified atom stereocenters. The third-order valence-electron chi connectivity index (χ3n) is 5.41. The van der Waals surface area contributed by atoms with Gasteiger partial charge in [0, 0.05) is 18.4 Å². The molecule has 3 N–H and O–H groups in total. The zero-order chi connectivity index (χ0) is 23.2. The highest BCUT2D eigenvalue weighted by Gasteiger charge is 2.11. The molecule has 7 heteroatoms. The van der Waals surface area contributed by atoms with Crippen molar-refractivity contribution in [2.75, 3.05) is 5.73 Å². The molecule has 0 atom stereocenters. The van der Waals surface area contributed by atoms with Crippen LogP contribution in [0.3, 0.4) is 0 Å². The van der Waals surface area contributed by atoms with Crippen LogP contribution in [0.4, 0.5) is 5.82 Å². The molecule has 33 heavy (non-hydrogen) atoms. The number of hydrogen-bond donors (Lipinski definition) is 2. The summed E-state index contributed by atoms with van der Waals surface area (Å²) in [6.45, 7) is 5.33. The summed E-state index contributed by atoms with van der Waals surface area (Å²) in [5, 5.41) is 7.28. The van der Waals surface area contributed by atoms with E-state index in [4.69, 9.17) is 10.5 Å². The van der Waals surface area contributed by atoms with Crippen LogP contribution in [0.25, 0.3) is 0 Å². The Balaban J connectivity index is 1.31. The van der Waals surface area contributed by atoms with E-state index in [0.717, 1.165) is 33.7 Å². The predicted molar refractivity (Wildman–Crippen MR) is 128 cm³/mol. The third-order valence-corrected chi connectivity index (χ3v) is 5.41. The van der Waals surface area contributed by atoms with Gasteiger partial charge in [0.1, 0.15) is 18.2 Å². The Labute approximate surface area is 193 Å². The van der Waals surface area contributed by atoms with E-state index in [1.807, 2.05) is 74.5 Å². The summed E-state index contributed by atoms with van der Waals surface area (Å²) < 4.78 is 7.54. The second-order valence-corrected chi connectivity index (χ2v) is 7.96. The Morgan fingerprint density at radius 1 is 1.06 bits per heavy atom. The van der Waals surface area contributed by atoms with Gasteiger partial charge < -0.3 is 15.8 Å². The first kappa shape index (κ1) is 22.1. The van der Waals surface area contributed by atoms with E-state index in [9.17, 15) is 4.79 Å². The van der Waals surface area contributed by atoms with Crippen LogP contribution in [-0.2, 0) is 19.7 Å². The summed E-state index contributed by atoms with van der Waals surface area (Å²) in [7, 11) is 0. The molecule has 2 aromatic heterocycles. The maximum Gasteiger partial charge on any atom is 0.254 e. The first-order valence-corrected chi connectivity index (χ1v) is 10.8. The lowest BCUT2D eigenvalue weighted by atomic mass is 10.1. The van der Waals surface area contributed by atoms with Crippen LogP contribution in [0.5, 0.6) is 5.75 Å². The van der Waals surface area contributed by atoms with Crippen molar-refractivity contribution in [1.82, 2.24) is 20.1 Å². The lowest BCUT2D eigenvalue weighted by Gasteiger charge is -2.11. The van der Waals surface area contributed by atoms with Crippen molar-refractivity contribution in [2.45, 2.75) is 33.5 Å². The largest absolute Gasteiger partial charge is 0.489 e. The van der Waals surface area contributed by atoms with Gasteiger partial charge in [-0.15, -0.1) is 0 Å². The molecular weight excluding hydrogens is 414 g/mol. The number of aryl methyl sites for hydroxylation is 2. The first-order chi connectivity index (χ1) is 16.0. The van der Waals surface area contributed by atoms with Gasteiger partial charge in [-0.25, -0.2) is 4.98 Å². The van der Waals surface area contributed by atoms with Crippen LogP contribution < -0.4 is 15.8 Å². The summed E-state index contributed by atoms with van der Waals surface area (Å²) in [6.07, 6.45) is 3.33. The molecule has 0 spiro atoms. The minimum absolute atomic E-state index is 0.176. The lowest BCUT2D eigenvalue weighted by molar-refractivity contribution is 0.0950. The third kappa shape index (κ3) is 5.77.